The molecule has 3 aromatic rings. The third-order valence-electron chi connectivity index (χ3n) is 7.14. The van der Waals surface area contributed by atoms with Gasteiger partial charge in [0.1, 0.15) is 6.04 Å². The normalized spacial score (nSPS) is 13.8. The molecule has 0 saturated heterocycles. The van der Waals surface area contributed by atoms with E-state index in [4.69, 9.17) is 17.2 Å². The molecule has 2 aromatic carbocycles. The van der Waals surface area contributed by atoms with Crippen molar-refractivity contribution in [2.45, 2.75) is 77.4 Å². The largest absolute Gasteiger partial charge is 0.368 e. The molecule has 0 radical (unpaired) electrons. The number of rotatable bonds is 14. The van der Waals surface area contributed by atoms with Gasteiger partial charge in [0.05, 0.1) is 17.6 Å². The molecule has 0 saturated carbocycles. The molecular weight excluding hydrogens is 490 g/mol. The molecular formula is C31H43N5O3. The summed E-state index contributed by atoms with van der Waals surface area (Å²) in [6.07, 6.45) is 5.42. The van der Waals surface area contributed by atoms with Crippen molar-refractivity contribution in [2.24, 2.45) is 23.1 Å². The van der Waals surface area contributed by atoms with Gasteiger partial charge in [0.2, 0.25) is 17.7 Å². The van der Waals surface area contributed by atoms with Crippen molar-refractivity contribution in [3.63, 3.8) is 0 Å². The number of hydrogen-bond donors (Lipinski definition) is 3. The number of amides is 2. The first kappa shape index (κ1) is 30.1. The average molecular weight is 534 g/mol. The lowest BCUT2D eigenvalue weighted by Crippen LogP contribution is -2.54. The molecule has 0 unspecified atom stereocenters. The van der Waals surface area contributed by atoms with Gasteiger partial charge in [-0.2, -0.15) is 0 Å². The number of unbranched alkanes of at least 4 members (excludes halogenated alkanes) is 1. The monoisotopic (exact) mass is 533 g/mol. The minimum Gasteiger partial charge on any atom is -0.368 e. The topological polar surface area (TPSA) is 137 Å². The lowest BCUT2D eigenvalue weighted by molar-refractivity contribution is -0.141. The van der Waals surface area contributed by atoms with Crippen LogP contribution >= 0.6 is 0 Å². The standard InChI is InChI=1S/C31H43N5O3/c1-4-5-14-25(32)30(38)36-20-23(24-13-9-10-15-27(24)36)19-26(33)31(39)35(28(29(34)37)18-21(2)3)17-16-22-11-7-6-8-12-22/h6-13,15,20-21,25-26,28H,4-5,14,16-19,32-33H2,1-3H3,(H2,34,37)/t25-,26-,28-/m0/s1. The molecule has 3 rings (SSSR count). The second kappa shape index (κ2) is 14.1. The maximum absolute atomic E-state index is 13.8. The Bertz CT molecular complexity index is 1250. The minimum absolute atomic E-state index is 0.159. The van der Waals surface area contributed by atoms with E-state index in [9.17, 15) is 14.4 Å². The smallest absolute Gasteiger partial charge is 0.247 e. The van der Waals surface area contributed by atoms with E-state index in [0.717, 1.165) is 34.9 Å². The molecule has 0 fully saturated rings. The van der Waals surface area contributed by atoms with E-state index in [2.05, 4.69) is 6.92 Å². The SMILES string of the molecule is CCCC[C@H](N)C(=O)n1cc(C[C@H](N)C(=O)N(CCc2ccccc2)[C@@H](CC(C)C)C(N)=O)c2ccccc21. The van der Waals surface area contributed by atoms with Crippen LogP contribution in [0.4, 0.5) is 0 Å². The summed E-state index contributed by atoms with van der Waals surface area (Å²) in [5.74, 6) is -0.897. The molecule has 0 spiro atoms. The molecule has 1 heterocycles. The Morgan fingerprint density at radius 2 is 1.62 bits per heavy atom. The van der Waals surface area contributed by atoms with Gasteiger partial charge in [-0.15, -0.1) is 0 Å². The lowest BCUT2D eigenvalue weighted by atomic mass is 9.98. The van der Waals surface area contributed by atoms with Crippen LogP contribution in [0.25, 0.3) is 10.9 Å². The second-order valence-corrected chi connectivity index (χ2v) is 10.8. The highest BCUT2D eigenvalue weighted by atomic mass is 16.2. The number of carbonyl (C=O) groups is 3. The van der Waals surface area contributed by atoms with Crippen molar-refractivity contribution in [3.8, 4) is 0 Å². The third kappa shape index (κ3) is 7.77. The molecule has 0 aliphatic carbocycles. The number of hydrogen-bond acceptors (Lipinski definition) is 5. The summed E-state index contributed by atoms with van der Waals surface area (Å²) in [5, 5.41) is 0.848. The Labute approximate surface area is 231 Å². The van der Waals surface area contributed by atoms with Crippen molar-refractivity contribution < 1.29 is 14.4 Å². The van der Waals surface area contributed by atoms with E-state index in [1.165, 1.54) is 0 Å². The highest BCUT2D eigenvalue weighted by Crippen LogP contribution is 2.24. The molecule has 2 amide bonds. The van der Waals surface area contributed by atoms with Crippen molar-refractivity contribution >= 4 is 28.6 Å². The Morgan fingerprint density at radius 3 is 2.26 bits per heavy atom. The third-order valence-corrected chi connectivity index (χ3v) is 7.14. The molecule has 210 valence electrons. The first-order chi connectivity index (χ1) is 18.6. The summed E-state index contributed by atoms with van der Waals surface area (Å²) in [5.41, 5.74) is 21.1. The van der Waals surface area contributed by atoms with Gasteiger partial charge >= 0.3 is 0 Å². The molecule has 6 N–H and O–H groups in total. The quantitative estimate of drug-likeness (QED) is 0.290. The molecule has 8 nitrogen and oxygen atoms in total. The predicted octanol–water partition coefficient (Wildman–Crippen LogP) is 3.64. The molecule has 39 heavy (non-hydrogen) atoms. The highest BCUT2D eigenvalue weighted by Gasteiger charge is 2.32. The van der Waals surface area contributed by atoms with E-state index < -0.39 is 24.0 Å². The molecule has 8 heteroatoms. The van der Waals surface area contributed by atoms with Gasteiger partial charge in [0.25, 0.3) is 0 Å². The zero-order chi connectivity index (χ0) is 28.5. The fourth-order valence-corrected chi connectivity index (χ4v) is 5.02. The molecule has 0 aliphatic rings. The maximum atomic E-state index is 13.8. The van der Waals surface area contributed by atoms with Gasteiger partial charge in [0.15, 0.2) is 0 Å². The Kier molecular flexibility index (Phi) is 10.8. The summed E-state index contributed by atoms with van der Waals surface area (Å²) < 4.78 is 1.58. The number of benzene rings is 2. The highest BCUT2D eigenvalue weighted by molar-refractivity contribution is 5.97. The Morgan fingerprint density at radius 1 is 0.949 bits per heavy atom. The van der Waals surface area contributed by atoms with Crippen molar-refractivity contribution in [1.29, 1.82) is 0 Å². The molecule has 0 bridgehead atoms. The lowest BCUT2D eigenvalue weighted by Gasteiger charge is -2.33. The van der Waals surface area contributed by atoms with Crippen molar-refractivity contribution in [3.05, 3.63) is 71.9 Å². The maximum Gasteiger partial charge on any atom is 0.247 e. The molecule has 3 atom stereocenters. The fourth-order valence-electron chi connectivity index (χ4n) is 5.02. The summed E-state index contributed by atoms with van der Waals surface area (Å²) in [6.45, 7) is 6.37. The van der Waals surface area contributed by atoms with Crippen LogP contribution in [-0.2, 0) is 22.4 Å². The van der Waals surface area contributed by atoms with E-state index in [0.29, 0.717) is 25.8 Å². The number of nitrogens with zero attached hydrogens (tertiary/aromatic N) is 2. The Hall–Kier alpha value is -3.49. The number of carbonyl (C=O) groups excluding carboxylic acids is 3. The summed E-state index contributed by atoms with van der Waals surface area (Å²) in [6, 6.07) is 15.1. The van der Waals surface area contributed by atoms with Crippen LogP contribution in [0.5, 0.6) is 0 Å². The van der Waals surface area contributed by atoms with Crippen LogP contribution in [-0.4, -0.2) is 51.9 Å². The number of aromatic nitrogens is 1. The van der Waals surface area contributed by atoms with Gasteiger partial charge in [-0.3, -0.25) is 19.0 Å². The van der Waals surface area contributed by atoms with Gasteiger partial charge < -0.3 is 22.1 Å². The van der Waals surface area contributed by atoms with Crippen LogP contribution in [0, 0.1) is 5.92 Å². The average Bonchev–Trinajstić information content (AvgIpc) is 3.28. The van der Waals surface area contributed by atoms with Gasteiger partial charge in [0, 0.05) is 18.1 Å². The summed E-state index contributed by atoms with van der Waals surface area (Å²) >= 11 is 0. The predicted molar refractivity (Wildman–Crippen MR) is 156 cm³/mol. The van der Waals surface area contributed by atoms with Crippen LogP contribution in [0.1, 0.15) is 62.4 Å². The zero-order valence-corrected chi connectivity index (χ0v) is 23.4. The number of nitrogens with two attached hydrogens (primary N) is 3. The van der Waals surface area contributed by atoms with Crippen molar-refractivity contribution in [1.82, 2.24) is 9.47 Å². The number of para-hydroxylation sites is 1. The zero-order valence-electron chi connectivity index (χ0n) is 23.4. The van der Waals surface area contributed by atoms with E-state index in [1.54, 1.807) is 15.7 Å². The molecule has 1 aromatic heterocycles. The van der Waals surface area contributed by atoms with Crippen LogP contribution in [0.3, 0.4) is 0 Å². The van der Waals surface area contributed by atoms with E-state index in [1.807, 2.05) is 68.4 Å². The second-order valence-electron chi connectivity index (χ2n) is 10.8. The first-order valence-electron chi connectivity index (χ1n) is 13.9. The van der Waals surface area contributed by atoms with Gasteiger partial charge in [-0.05, 0) is 48.8 Å². The van der Waals surface area contributed by atoms with Crippen molar-refractivity contribution in [2.75, 3.05) is 6.54 Å². The molecule has 0 aliphatic heterocycles. The van der Waals surface area contributed by atoms with Crippen LogP contribution in [0.15, 0.2) is 60.8 Å². The summed E-state index contributed by atoms with van der Waals surface area (Å²) in [7, 11) is 0. The van der Waals surface area contributed by atoms with E-state index >= 15 is 0 Å². The fraction of sp³-hybridized carbons (Fsp3) is 0.452. The van der Waals surface area contributed by atoms with Gasteiger partial charge in [-0.1, -0.05) is 82.1 Å². The Balaban J connectivity index is 1.88. The first-order valence-corrected chi connectivity index (χ1v) is 13.9. The summed E-state index contributed by atoms with van der Waals surface area (Å²) in [4.78, 5) is 41.0. The van der Waals surface area contributed by atoms with Crippen LogP contribution in [0.2, 0.25) is 0 Å². The van der Waals surface area contributed by atoms with Crippen LogP contribution < -0.4 is 17.2 Å². The van der Waals surface area contributed by atoms with E-state index in [-0.39, 0.29) is 24.2 Å². The number of fused-ring (bicyclic) bond motifs is 1. The number of primary amides is 1. The van der Waals surface area contributed by atoms with Gasteiger partial charge in [-0.25, -0.2) is 0 Å². The minimum atomic E-state index is -0.919.